The van der Waals surface area contributed by atoms with Crippen LogP contribution in [0.2, 0.25) is 0 Å². The van der Waals surface area contributed by atoms with Crippen LogP contribution < -0.4 is 14.8 Å². The fourth-order valence-corrected chi connectivity index (χ4v) is 4.65. The molecule has 0 atom stereocenters. The standard InChI is InChI=1S/C29H32N4O3/c1-35-25-11-12-27-26(17-25)28(32-31-27)29(34)30-18-21-13-15-33(16-14-21)19-22-7-9-24(10-8-22)36-20-23-5-3-2-4-6-23/h2-12,17,21H,13-16,18-20H2,1H3,(H,30,34)(H,31,32). The number of piperidine rings is 1. The summed E-state index contributed by atoms with van der Waals surface area (Å²) in [5.74, 6) is 1.92. The lowest BCUT2D eigenvalue weighted by molar-refractivity contribution is 0.0932. The molecule has 0 radical (unpaired) electrons. The molecule has 36 heavy (non-hydrogen) atoms. The third-order valence-corrected chi connectivity index (χ3v) is 6.82. The number of nitrogens with zero attached hydrogens (tertiary/aromatic N) is 2. The fourth-order valence-electron chi connectivity index (χ4n) is 4.65. The second kappa shape index (κ2) is 11.3. The van der Waals surface area contributed by atoms with Crippen molar-refractivity contribution < 1.29 is 14.3 Å². The zero-order valence-electron chi connectivity index (χ0n) is 20.6. The van der Waals surface area contributed by atoms with Crippen LogP contribution in [0.5, 0.6) is 11.5 Å². The summed E-state index contributed by atoms with van der Waals surface area (Å²) in [6.45, 7) is 4.22. The van der Waals surface area contributed by atoms with Crippen molar-refractivity contribution in [2.24, 2.45) is 5.92 Å². The molecule has 2 N–H and O–H groups in total. The van der Waals surface area contributed by atoms with Crippen LogP contribution in [0.15, 0.2) is 72.8 Å². The normalized spacial score (nSPS) is 14.6. The van der Waals surface area contributed by atoms with Crippen LogP contribution in [0.3, 0.4) is 0 Å². The molecule has 7 nitrogen and oxygen atoms in total. The van der Waals surface area contributed by atoms with E-state index in [1.807, 2.05) is 36.4 Å². The average molecular weight is 485 g/mol. The highest BCUT2D eigenvalue weighted by Crippen LogP contribution is 2.23. The van der Waals surface area contributed by atoms with Gasteiger partial charge in [0.1, 0.15) is 18.1 Å². The van der Waals surface area contributed by atoms with E-state index in [0.717, 1.165) is 49.1 Å². The first kappa shape index (κ1) is 23.9. The molecule has 3 aromatic carbocycles. The van der Waals surface area contributed by atoms with Gasteiger partial charge in [0.25, 0.3) is 5.91 Å². The Morgan fingerprint density at radius 1 is 1.00 bits per heavy atom. The second-order valence-corrected chi connectivity index (χ2v) is 9.33. The molecule has 1 aromatic heterocycles. The summed E-state index contributed by atoms with van der Waals surface area (Å²) in [5.41, 5.74) is 3.69. The van der Waals surface area contributed by atoms with Crippen LogP contribution in [-0.2, 0) is 13.2 Å². The molecule has 0 aliphatic carbocycles. The highest BCUT2D eigenvalue weighted by molar-refractivity contribution is 6.05. The van der Waals surface area contributed by atoms with E-state index in [1.54, 1.807) is 7.11 Å². The van der Waals surface area contributed by atoms with Gasteiger partial charge in [-0.2, -0.15) is 5.10 Å². The first-order chi connectivity index (χ1) is 17.7. The number of benzene rings is 3. The molecule has 0 saturated carbocycles. The average Bonchev–Trinajstić information content (AvgIpc) is 3.36. The molecule has 1 aliphatic heterocycles. The van der Waals surface area contributed by atoms with Gasteiger partial charge < -0.3 is 14.8 Å². The number of likely N-dealkylation sites (tertiary alicyclic amines) is 1. The number of H-pyrrole nitrogens is 1. The largest absolute Gasteiger partial charge is 0.497 e. The second-order valence-electron chi connectivity index (χ2n) is 9.33. The van der Waals surface area contributed by atoms with Gasteiger partial charge in [0.05, 0.1) is 12.6 Å². The molecule has 1 fully saturated rings. The molecule has 1 amide bonds. The smallest absolute Gasteiger partial charge is 0.272 e. The fraction of sp³-hybridized carbons (Fsp3) is 0.310. The van der Waals surface area contributed by atoms with E-state index in [2.05, 4.69) is 56.8 Å². The molecule has 186 valence electrons. The Hall–Kier alpha value is -3.84. The highest BCUT2D eigenvalue weighted by atomic mass is 16.5. The number of fused-ring (bicyclic) bond motifs is 1. The van der Waals surface area contributed by atoms with E-state index in [9.17, 15) is 4.79 Å². The molecule has 7 heteroatoms. The summed E-state index contributed by atoms with van der Waals surface area (Å²) in [6, 6.07) is 24.2. The molecule has 0 spiro atoms. The van der Waals surface area contributed by atoms with Crippen molar-refractivity contribution >= 4 is 16.8 Å². The van der Waals surface area contributed by atoms with E-state index in [4.69, 9.17) is 9.47 Å². The highest BCUT2D eigenvalue weighted by Gasteiger charge is 2.21. The number of methoxy groups -OCH3 is 1. The Morgan fingerprint density at radius 3 is 2.50 bits per heavy atom. The topological polar surface area (TPSA) is 79.5 Å². The Kier molecular flexibility index (Phi) is 7.47. The van der Waals surface area contributed by atoms with Crippen LogP contribution >= 0.6 is 0 Å². The van der Waals surface area contributed by atoms with Crippen LogP contribution in [0.4, 0.5) is 0 Å². The maximum atomic E-state index is 12.8. The van der Waals surface area contributed by atoms with Crippen molar-refractivity contribution in [3.63, 3.8) is 0 Å². The maximum absolute atomic E-state index is 12.8. The van der Waals surface area contributed by atoms with Crippen molar-refractivity contribution in [2.45, 2.75) is 26.0 Å². The monoisotopic (exact) mass is 484 g/mol. The van der Waals surface area contributed by atoms with Gasteiger partial charge >= 0.3 is 0 Å². The summed E-state index contributed by atoms with van der Waals surface area (Å²) in [6.07, 6.45) is 2.13. The summed E-state index contributed by atoms with van der Waals surface area (Å²) in [5, 5.41) is 11.0. The van der Waals surface area contributed by atoms with Gasteiger partial charge in [-0.25, -0.2) is 0 Å². The minimum absolute atomic E-state index is 0.147. The van der Waals surface area contributed by atoms with Crippen molar-refractivity contribution in [3.05, 3.63) is 89.6 Å². The number of carbonyl (C=O) groups is 1. The molecule has 1 aliphatic rings. The third-order valence-electron chi connectivity index (χ3n) is 6.82. The van der Waals surface area contributed by atoms with Gasteiger partial charge in [-0.05, 0) is 73.3 Å². The third kappa shape index (κ3) is 5.86. The molecular formula is C29H32N4O3. The SMILES string of the molecule is COc1ccc2[nH]nc(C(=O)NCC3CCN(Cc4ccc(OCc5ccccc5)cc4)CC3)c2c1. The van der Waals surface area contributed by atoms with E-state index in [0.29, 0.717) is 30.5 Å². The molecule has 1 saturated heterocycles. The predicted molar refractivity (Wildman–Crippen MR) is 140 cm³/mol. The predicted octanol–water partition coefficient (Wildman–Crippen LogP) is 4.79. The van der Waals surface area contributed by atoms with Crippen LogP contribution in [0, 0.1) is 5.92 Å². The van der Waals surface area contributed by atoms with Gasteiger partial charge in [-0.1, -0.05) is 42.5 Å². The quantitative estimate of drug-likeness (QED) is 0.357. The van der Waals surface area contributed by atoms with Crippen molar-refractivity contribution in [3.8, 4) is 11.5 Å². The zero-order chi connectivity index (χ0) is 24.7. The van der Waals surface area contributed by atoms with Crippen molar-refractivity contribution in [1.82, 2.24) is 20.4 Å². The van der Waals surface area contributed by atoms with E-state index in [-0.39, 0.29) is 5.91 Å². The number of rotatable bonds is 9. The molecule has 0 unspecified atom stereocenters. The van der Waals surface area contributed by atoms with E-state index >= 15 is 0 Å². The van der Waals surface area contributed by atoms with Crippen LogP contribution in [-0.4, -0.2) is 47.7 Å². The Balaban J connectivity index is 1.06. The van der Waals surface area contributed by atoms with E-state index in [1.165, 1.54) is 11.1 Å². The number of hydrogen-bond donors (Lipinski definition) is 2. The first-order valence-electron chi connectivity index (χ1n) is 12.5. The summed E-state index contributed by atoms with van der Waals surface area (Å²) in [4.78, 5) is 15.2. The lowest BCUT2D eigenvalue weighted by Crippen LogP contribution is -2.38. The molecule has 2 heterocycles. The number of aromatic nitrogens is 2. The van der Waals surface area contributed by atoms with Gasteiger partial charge in [-0.15, -0.1) is 0 Å². The van der Waals surface area contributed by atoms with Crippen molar-refractivity contribution in [1.29, 1.82) is 0 Å². The number of amides is 1. The van der Waals surface area contributed by atoms with E-state index < -0.39 is 0 Å². The van der Waals surface area contributed by atoms with Crippen LogP contribution in [0.25, 0.3) is 10.9 Å². The summed E-state index contributed by atoms with van der Waals surface area (Å²) in [7, 11) is 1.62. The number of hydrogen-bond acceptors (Lipinski definition) is 5. The minimum atomic E-state index is -0.147. The first-order valence-corrected chi connectivity index (χ1v) is 12.5. The maximum Gasteiger partial charge on any atom is 0.272 e. The number of nitrogens with one attached hydrogen (secondary N) is 2. The number of aromatic amines is 1. The lowest BCUT2D eigenvalue weighted by Gasteiger charge is -2.32. The van der Waals surface area contributed by atoms with Gasteiger partial charge in [-0.3, -0.25) is 14.8 Å². The summed E-state index contributed by atoms with van der Waals surface area (Å²) < 4.78 is 11.2. The zero-order valence-corrected chi connectivity index (χ0v) is 20.6. The molecule has 0 bridgehead atoms. The Morgan fingerprint density at radius 2 is 1.75 bits per heavy atom. The van der Waals surface area contributed by atoms with Gasteiger partial charge in [0.2, 0.25) is 0 Å². The van der Waals surface area contributed by atoms with Gasteiger partial charge in [0.15, 0.2) is 5.69 Å². The number of carbonyl (C=O) groups excluding carboxylic acids is 1. The lowest BCUT2D eigenvalue weighted by atomic mass is 9.96. The Labute approximate surface area is 211 Å². The molecule has 5 rings (SSSR count). The number of ether oxygens (including phenoxy) is 2. The molecular weight excluding hydrogens is 452 g/mol. The molecule has 4 aromatic rings. The summed E-state index contributed by atoms with van der Waals surface area (Å²) >= 11 is 0. The van der Waals surface area contributed by atoms with Crippen molar-refractivity contribution in [2.75, 3.05) is 26.7 Å². The minimum Gasteiger partial charge on any atom is -0.497 e. The van der Waals surface area contributed by atoms with Gasteiger partial charge in [0, 0.05) is 18.5 Å². The Bertz CT molecular complexity index is 1280. The van der Waals surface area contributed by atoms with Crippen LogP contribution in [0.1, 0.15) is 34.5 Å².